The summed E-state index contributed by atoms with van der Waals surface area (Å²) in [5.74, 6) is -0.898. The van der Waals surface area contributed by atoms with Crippen LogP contribution in [0.4, 0.5) is 0 Å². The molecule has 0 aromatic heterocycles. The highest BCUT2D eigenvalue weighted by Gasteiger charge is 2.49. The first kappa shape index (κ1) is 13.8. The smallest absolute Gasteiger partial charge is 0.335 e. The molecule has 1 aromatic carbocycles. The van der Waals surface area contributed by atoms with Crippen LogP contribution in [0.1, 0.15) is 12.0 Å². The number of amides is 1. The lowest BCUT2D eigenvalue weighted by atomic mass is 9.97. The molecule has 6 heteroatoms. The monoisotopic (exact) mass is 282 g/mol. The third-order valence-corrected chi connectivity index (χ3v) is 3.47. The Labute approximate surface area is 116 Å². The molecule has 1 fully saturated rings. The van der Waals surface area contributed by atoms with Crippen LogP contribution in [-0.2, 0) is 20.9 Å². The molecule has 1 aromatic rings. The van der Waals surface area contributed by atoms with Crippen molar-refractivity contribution in [2.75, 3.05) is 13.7 Å². The van der Waals surface area contributed by atoms with Gasteiger partial charge < -0.3 is 10.1 Å². The van der Waals surface area contributed by atoms with Crippen molar-refractivity contribution in [2.24, 2.45) is 0 Å². The molecule has 0 saturated carbocycles. The van der Waals surface area contributed by atoms with E-state index >= 15 is 0 Å². The van der Waals surface area contributed by atoms with Crippen molar-refractivity contribution in [3.05, 3.63) is 34.9 Å². The highest BCUT2D eigenvalue weighted by Crippen LogP contribution is 2.19. The van der Waals surface area contributed by atoms with Crippen molar-refractivity contribution in [3.8, 4) is 0 Å². The second-order valence-electron chi connectivity index (χ2n) is 4.38. The van der Waals surface area contributed by atoms with Crippen molar-refractivity contribution in [2.45, 2.75) is 18.5 Å². The lowest BCUT2D eigenvalue weighted by Gasteiger charge is -2.24. The van der Waals surface area contributed by atoms with Crippen LogP contribution in [0.15, 0.2) is 24.3 Å². The lowest BCUT2D eigenvalue weighted by molar-refractivity contribution is -0.152. The summed E-state index contributed by atoms with van der Waals surface area (Å²) in [5.41, 5.74) is -0.346. The average molecular weight is 283 g/mol. The van der Waals surface area contributed by atoms with Crippen molar-refractivity contribution >= 4 is 23.5 Å². The van der Waals surface area contributed by atoms with Gasteiger partial charge in [0.2, 0.25) is 0 Å². The minimum absolute atomic E-state index is 0.340. The summed E-state index contributed by atoms with van der Waals surface area (Å²) in [6.45, 7) is 0.848. The van der Waals surface area contributed by atoms with Gasteiger partial charge in [0.15, 0.2) is 5.54 Å². The van der Waals surface area contributed by atoms with E-state index in [0.29, 0.717) is 24.5 Å². The molecule has 2 rings (SSSR count). The number of hydrogen-bond acceptors (Lipinski definition) is 4. The number of carbonyl (C=O) groups is 2. The van der Waals surface area contributed by atoms with E-state index in [0.717, 1.165) is 5.56 Å². The van der Waals surface area contributed by atoms with Gasteiger partial charge in [-0.3, -0.25) is 10.1 Å². The fourth-order valence-corrected chi connectivity index (χ4v) is 2.22. The molecule has 0 radical (unpaired) electrons. The van der Waals surface area contributed by atoms with Gasteiger partial charge in [-0.1, -0.05) is 23.7 Å². The zero-order valence-electron chi connectivity index (χ0n) is 10.5. The molecule has 1 saturated heterocycles. The molecular formula is C13H15ClN2O3. The molecule has 1 amide bonds. The van der Waals surface area contributed by atoms with Crippen LogP contribution < -0.4 is 10.6 Å². The molecule has 102 valence electrons. The second-order valence-corrected chi connectivity index (χ2v) is 4.82. The molecule has 1 atom stereocenters. The highest BCUT2D eigenvalue weighted by molar-refractivity contribution is 6.30. The topological polar surface area (TPSA) is 67.4 Å². The molecule has 1 aliphatic heterocycles. The van der Waals surface area contributed by atoms with Crippen LogP contribution in [0, 0.1) is 0 Å². The maximum atomic E-state index is 11.9. The summed E-state index contributed by atoms with van der Waals surface area (Å²) in [5, 5.41) is 6.29. The predicted octanol–water partition coefficient (Wildman–Crippen LogP) is 0.861. The van der Waals surface area contributed by atoms with Crippen molar-refractivity contribution in [3.63, 3.8) is 0 Å². The van der Waals surface area contributed by atoms with Gasteiger partial charge in [0.25, 0.3) is 5.91 Å². The highest BCUT2D eigenvalue weighted by atomic mass is 35.5. The van der Waals surface area contributed by atoms with Crippen molar-refractivity contribution in [1.29, 1.82) is 0 Å². The molecule has 0 bridgehead atoms. The van der Waals surface area contributed by atoms with Gasteiger partial charge in [-0.05, 0) is 17.7 Å². The maximum absolute atomic E-state index is 11.9. The van der Waals surface area contributed by atoms with Gasteiger partial charge in [-0.25, -0.2) is 4.79 Å². The number of nitrogens with one attached hydrogen (secondary N) is 2. The van der Waals surface area contributed by atoms with E-state index in [2.05, 4.69) is 10.6 Å². The van der Waals surface area contributed by atoms with Gasteiger partial charge in [0.1, 0.15) is 0 Å². The Morgan fingerprint density at radius 2 is 2.16 bits per heavy atom. The van der Waals surface area contributed by atoms with Crippen molar-refractivity contribution < 1.29 is 14.3 Å². The third-order valence-electron chi connectivity index (χ3n) is 3.21. The first-order valence-electron chi connectivity index (χ1n) is 5.95. The Morgan fingerprint density at radius 1 is 1.47 bits per heavy atom. The molecule has 1 unspecified atom stereocenters. The van der Waals surface area contributed by atoms with Crippen LogP contribution >= 0.6 is 11.6 Å². The normalized spacial score (nSPS) is 22.1. The number of hydrogen-bond donors (Lipinski definition) is 2. The molecule has 5 nitrogen and oxygen atoms in total. The number of rotatable bonds is 4. The predicted molar refractivity (Wildman–Crippen MR) is 70.7 cm³/mol. The van der Waals surface area contributed by atoms with Crippen LogP contribution in [-0.4, -0.2) is 31.1 Å². The Morgan fingerprint density at radius 3 is 2.68 bits per heavy atom. The quantitative estimate of drug-likeness (QED) is 0.635. The maximum Gasteiger partial charge on any atom is 0.335 e. The zero-order valence-corrected chi connectivity index (χ0v) is 11.3. The van der Waals surface area contributed by atoms with Gasteiger partial charge in [-0.2, -0.15) is 0 Å². The van der Waals surface area contributed by atoms with E-state index in [9.17, 15) is 9.59 Å². The Kier molecular flexibility index (Phi) is 4.07. The van der Waals surface area contributed by atoms with Gasteiger partial charge in [0.05, 0.1) is 7.11 Å². The molecule has 1 heterocycles. The van der Waals surface area contributed by atoms with E-state index in [1.54, 1.807) is 12.1 Å². The summed E-state index contributed by atoms with van der Waals surface area (Å²) < 4.78 is 4.73. The fourth-order valence-electron chi connectivity index (χ4n) is 2.09. The summed E-state index contributed by atoms with van der Waals surface area (Å²) >= 11 is 5.80. The summed E-state index contributed by atoms with van der Waals surface area (Å²) in [6, 6.07) is 7.20. The molecule has 19 heavy (non-hydrogen) atoms. The number of ether oxygens (including phenoxy) is 1. The van der Waals surface area contributed by atoms with Gasteiger partial charge in [-0.15, -0.1) is 0 Å². The average Bonchev–Trinajstić information content (AvgIpc) is 2.79. The van der Waals surface area contributed by atoms with Crippen LogP contribution in [0.2, 0.25) is 5.02 Å². The third kappa shape index (κ3) is 2.72. The van der Waals surface area contributed by atoms with Gasteiger partial charge >= 0.3 is 5.97 Å². The Balaban J connectivity index is 2.11. The summed E-state index contributed by atoms with van der Waals surface area (Å²) in [7, 11) is 1.28. The number of benzene rings is 1. The summed E-state index contributed by atoms with van der Waals surface area (Å²) in [6.07, 6.45) is 0.381. The lowest BCUT2D eigenvalue weighted by Crippen LogP contribution is -2.57. The van der Waals surface area contributed by atoms with E-state index < -0.39 is 11.5 Å². The second kappa shape index (κ2) is 5.59. The largest absolute Gasteiger partial charge is 0.467 e. The molecular weight excluding hydrogens is 268 g/mol. The zero-order chi connectivity index (χ0) is 13.9. The summed E-state index contributed by atoms with van der Waals surface area (Å²) in [4.78, 5) is 23.7. The molecule has 0 spiro atoms. The number of carbonyl (C=O) groups excluding carboxylic acids is 2. The van der Waals surface area contributed by atoms with E-state index in [4.69, 9.17) is 16.3 Å². The Hall–Kier alpha value is -1.59. The number of methoxy groups -OCH3 is 1. The van der Waals surface area contributed by atoms with Crippen LogP contribution in [0.25, 0.3) is 0 Å². The minimum atomic E-state index is -1.28. The Bertz CT molecular complexity index is 489. The SMILES string of the molecule is COC(=O)C1(NCc2ccc(Cl)cc2)CCNC1=O. The van der Waals surface area contributed by atoms with Crippen molar-refractivity contribution in [1.82, 2.24) is 10.6 Å². The van der Waals surface area contributed by atoms with Crippen LogP contribution in [0.5, 0.6) is 0 Å². The fraction of sp³-hybridized carbons (Fsp3) is 0.385. The van der Waals surface area contributed by atoms with E-state index in [-0.39, 0.29) is 5.91 Å². The first-order chi connectivity index (χ1) is 9.08. The number of esters is 1. The molecule has 0 aliphatic carbocycles. The first-order valence-corrected chi connectivity index (χ1v) is 6.32. The van der Waals surface area contributed by atoms with E-state index in [1.807, 2.05) is 12.1 Å². The molecule has 1 aliphatic rings. The molecule has 2 N–H and O–H groups in total. The van der Waals surface area contributed by atoms with E-state index in [1.165, 1.54) is 7.11 Å². The standard InChI is InChI=1S/C13H15ClN2O3/c1-19-12(18)13(6-7-15-11(13)17)16-8-9-2-4-10(14)5-3-9/h2-5,16H,6-8H2,1H3,(H,15,17). The minimum Gasteiger partial charge on any atom is -0.467 e. The number of halogens is 1. The van der Waals surface area contributed by atoms with Gasteiger partial charge in [0, 0.05) is 24.5 Å². The van der Waals surface area contributed by atoms with Crippen LogP contribution in [0.3, 0.4) is 0 Å².